The predicted octanol–water partition coefficient (Wildman–Crippen LogP) is 3.59. The van der Waals surface area contributed by atoms with Crippen LogP contribution in [0.1, 0.15) is 51.5 Å². The highest BCUT2D eigenvalue weighted by Crippen LogP contribution is 2.21. The van der Waals surface area contributed by atoms with Crippen molar-refractivity contribution in [1.82, 2.24) is 14.9 Å². The summed E-state index contributed by atoms with van der Waals surface area (Å²) < 4.78 is 2.23. The summed E-state index contributed by atoms with van der Waals surface area (Å²) in [7, 11) is 0. The Morgan fingerprint density at radius 2 is 2.00 bits per heavy atom. The van der Waals surface area contributed by atoms with Gasteiger partial charge in [-0.15, -0.1) is 0 Å². The number of hydrogen-bond donors (Lipinski definition) is 1. The summed E-state index contributed by atoms with van der Waals surface area (Å²) in [5.74, 6) is 1.52. The Kier molecular flexibility index (Phi) is 4.66. The number of carbonyl (C=O) groups excluding carboxylic acids is 1. The van der Waals surface area contributed by atoms with Crippen molar-refractivity contribution in [2.75, 3.05) is 0 Å². The molecule has 0 aliphatic heterocycles. The van der Waals surface area contributed by atoms with E-state index in [2.05, 4.69) is 46.9 Å². The van der Waals surface area contributed by atoms with Crippen molar-refractivity contribution in [2.45, 2.75) is 53.6 Å². The van der Waals surface area contributed by atoms with Crippen LogP contribution in [0.2, 0.25) is 0 Å². The van der Waals surface area contributed by atoms with Crippen LogP contribution in [0.5, 0.6) is 0 Å². The van der Waals surface area contributed by atoms with Gasteiger partial charge in [-0.1, -0.05) is 19.9 Å². The average molecular weight is 287 g/mol. The van der Waals surface area contributed by atoms with Crippen molar-refractivity contribution in [3.8, 4) is 0 Å². The number of nitrogens with zero attached hydrogens (tertiary/aromatic N) is 2. The minimum atomic E-state index is 0.106. The first-order valence-corrected chi connectivity index (χ1v) is 7.62. The van der Waals surface area contributed by atoms with E-state index in [9.17, 15) is 4.79 Å². The van der Waals surface area contributed by atoms with E-state index < -0.39 is 0 Å². The summed E-state index contributed by atoms with van der Waals surface area (Å²) in [5, 5.41) is 2.97. The third-order valence-electron chi connectivity index (χ3n) is 3.53. The van der Waals surface area contributed by atoms with Gasteiger partial charge in [0.05, 0.1) is 11.0 Å². The van der Waals surface area contributed by atoms with Gasteiger partial charge < -0.3 is 9.88 Å². The molecule has 0 aliphatic rings. The molecule has 0 fully saturated rings. The molecule has 0 saturated heterocycles. The fourth-order valence-corrected chi connectivity index (χ4v) is 2.67. The highest BCUT2D eigenvalue weighted by Gasteiger charge is 2.11. The molecule has 0 spiro atoms. The Morgan fingerprint density at radius 1 is 1.29 bits per heavy atom. The standard InChI is InChI=1S/C17H25N3O/c1-11(2)8-17(21)18-10-14-6-7-16-15(9-14)19-13(5)20(16)12(3)4/h6-7,9,11-12H,8,10H2,1-5H3,(H,18,21). The average Bonchev–Trinajstić information content (AvgIpc) is 2.70. The fourth-order valence-electron chi connectivity index (χ4n) is 2.67. The zero-order chi connectivity index (χ0) is 15.6. The summed E-state index contributed by atoms with van der Waals surface area (Å²) in [4.78, 5) is 16.3. The van der Waals surface area contributed by atoms with Crippen LogP contribution in [-0.4, -0.2) is 15.5 Å². The molecule has 4 heteroatoms. The number of aryl methyl sites for hydroxylation is 1. The number of amides is 1. The summed E-state index contributed by atoms with van der Waals surface area (Å²) in [6.45, 7) is 11.0. The molecule has 1 N–H and O–H groups in total. The monoisotopic (exact) mass is 287 g/mol. The lowest BCUT2D eigenvalue weighted by molar-refractivity contribution is -0.121. The zero-order valence-electron chi connectivity index (χ0n) is 13.6. The third-order valence-corrected chi connectivity index (χ3v) is 3.53. The number of hydrogen-bond acceptors (Lipinski definition) is 2. The van der Waals surface area contributed by atoms with Gasteiger partial charge >= 0.3 is 0 Å². The predicted molar refractivity (Wildman–Crippen MR) is 86.2 cm³/mol. The largest absolute Gasteiger partial charge is 0.352 e. The highest BCUT2D eigenvalue weighted by atomic mass is 16.1. The van der Waals surface area contributed by atoms with Crippen molar-refractivity contribution in [3.63, 3.8) is 0 Å². The van der Waals surface area contributed by atoms with Gasteiger partial charge in [-0.25, -0.2) is 4.98 Å². The van der Waals surface area contributed by atoms with Gasteiger partial charge in [-0.05, 0) is 44.4 Å². The van der Waals surface area contributed by atoms with Gasteiger partial charge in [0, 0.05) is 19.0 Å². The molecule has 4 nitrogen and oxygen atoms in total. The van der Waals surface area contributed by atoms with E-state index in [1.54, 1.807) is 0 Å². The van der Waals surface area contributed by atoms with Crippen LogP contribution in [-0.2, 0) is 11.3 Å². The Balaban J connectivity index is 2.15. The molecular weight excluding hydrogens is 262 g/mol. The molecule has 0 unspecified atom stereocenters. The molecule has 2 aromatic rings. The third kappa shape index (κ3) is 3.63. The van der Waals surface area contributed by atoms with Crippen LogP contribution in [0, 0.1) is 12.8 Å². The molecule has 1 amide bonds. The topological polar surface area (TPSA) is 46.9 Å². The number of nitrogens with one attached hydrogen (secondary N) is 1. The number of rotatable bonds is 5. The van der Waals surface area contributed by atoms with E-state index in [1.807, 2.05) is 20.8 Å². The van der Waals surface area contributed by atoms with Gasteiger partial charge in [0.15, 0.2) is 0 Å². The van der Waals surface area contributed by atoms with Gasteiger partial charge in [0.1, 0.15) is 5.82 Å². The number of imidazole rings is 1. The molecule has 0 saturated carbocycles. The Labute approximate surface area is 126 Å². The Hall–Kier alpha value is -1.84. The lowest BCUT2D eigenvalue weighted by Gasteiger charge is -2.11. The van der Waals surface area contributed by atoms with Crippen molar-refractivity contribution in [3.05, 3.63) is 29.6 Å². The first-order valence-electron chi connectivity index (χ1n) is 7.62. The van der Waals surface area contributed by atoms with E-state index in [0.717, 1.165) is 22.4 Å². The van der Waals surface area contributed by atoms with Crippen LogP contribution >= 0.6 is 0 Å². The van der Waals surface area contributed by atoms with Crippen molar-refractivity contribution in [2.24, 2.45) is 5.92 Å². The molecule has 0 aliphatic carbocycles. The molecule has 1 heterocycles. The van der Waals surface area contributed by atoms with Crippen LogP contribution < -0.4 is 5.32 Å². The fraction of sp³-hybridized carbons (Fsp3) is 0.529. The van der Waals surface area contributed by atoms with Crippen molar-refractivity contribution < 1.29 is 4.79 Å². The molecule has 0 atom stereocenters. The first-order chi connectivity index (χ1) is 9.88. The van der Waals surface area contributed by atoms with E-state index in [0.29, 0.717) is 24.9 Å². The van der Waals surface area contributed by atoms with E-state index >= 15 is 0 Å². The van der Waals surface area contributed by atoms with Crippen molar-refractivity contribution in [1.29, 1.82) is 0 Å². The van der Waals surface area contributed by atoms with Gasteiger partial charge in [0.25, 0.3) is 0 Å². The van der Waals surface area contributed by atoms with E-state index in [4.69, 9.17) is 0 Å². The Bertz CT molecular complexity index is 641. The van der Waals surface area contributed by atoms with Crippen LogP contribution in [0.3, 0.4) is 0 Å². The SMILES string of the molecule is Cc1nc2cc(CNC(=O)CC(C)C)ccc2n1C(C)C. The zero-order valence-corrected chi connectivity index (χ0v) is 13.6. The second-order valence-electron chi connectivity index (χ2n) is 6.32. The lowest BCUT2D eigenvalue weighted by Crippen LogP contribution is -2.23. The molecule has 0 radical (unpaired) electrons. The number of carbonyl (C=O) groups is 1. The summed E-state index contributed by atoms with van der Waals surface area (Å²) in [5.41, 5.74) is 3.24. The minimum absolute atomic E-state index is 0.106. The second-order valence-corrected chi connectivity index (χ2v) is 6.32. The smallest absolute Gasteiger partial charge is 0.220 e. The van der Waals surface area contributed by atoms with E-state index in [1.165, 1.54) is 0 Å². The molecule has 0 bridgehead atoms. The van der Waals surface area contributed by atoms with Crippen LogP contribution in [0.4, 0.5) is 0 Å². The highest BCUT2D eigenvalue weighted by molar-refractivity contribution is 5.78. The quantitative estimate of drug-likeness (QED) is 0.913. The summed E-state index contributed by atoms with van der Waals surface area (Å²) in [6.07, 6.45) is 0.573. The molecule has 2 rings (SSSR count). The molecular formula is C17H25N3O. The second kappa shape index (κ2) is 6.29. The Morgan fingerprint density at radius 3 is 2.62 bits per heavy atom. The first kappa shape index (κ1) is 15.5. The van der Waals surface area contributed by atoms with Gasteiger partial charge in [0.2, 0.25) is 5.91 Å². The molecule has 1 aromatic heterocycles. The maximum absolute atomic E-state index is 11.7. The molecule has 21 heavy (non-hydrogen) atoms. The molecule has 1 aromatic carbocycles. The van der Waals surface area contributed by atoms with Crippen molar-refractivity contribution >= 4 is 16.9 Å². The number of benzene rings is 1. The molecule has 114 valence electrons. The van der Waals surface area contributed by atoms with E-state index in [-0.39, 0.29) is 5.91 Å². The van der Waals surface area contributed by atoms with Gasteiger partial charge in [-0.2, -0.15) is 0 Å². The van der Waals surface area contributed by atoms with Gasteiger partial charge in [-0.3, -0.25) is 4.79 Å². The minimum Gasteiger partial charge on any atom is -0.352 e. The van der Waals surface area contributed by atoms with Crippen LogP contribution in [0.25, 0.3) is 11.0 Å². The number of aromatic nitrogens is 2. The number of fused-ring (bicyclic) bond motifs is 1. The van der Waals surface area contributed by atoms with Crippen LogP contribution in [0.15, 0.2) is 18.2 Å². The summed E-state index contributed by atoms with van der Waals surface area (Å²) in [6, 6.07) is 6.63. The maximum Gasteiger partial charge on any atom is 0.220 e. The summed E-state index contributed by atoms with van der Waals surface area (Å²) >= 11 is 0. The maximum atomic E-state index is 11.7. The lowest BCUT2D eigenvalue weighted by atomic mass is 10.1. The normalized spacial score (nSPS) is 11.6.